The van der Waals surface area contributed by atoms with Gasteiger partial charge in [-0.05, 0) is 49.5 Å². The van der Waals surface area contributed by atoms with Crippen LogP contribution in [0.25, 0.3) is 0 Å². The molecule has 2 aliphatic heterocycles. The molecule has 0 radical (unpaired) electrons. The van der Waals surface area contributed by atoms with Crippen LogP contribution in [-0.2, 0) is 6.54 Å². The number of fused-ring (bicyclic) bond motifs is 1. The van der Waals surface area contributed by atoms with Crippen molar-refractivity contribution < 1.29 is 9.47 Å². The second-order valence-electron chi connectivity index (χ2n) is 5.27. The van der Waals surface area contributed by atoms with Gasteiger partial charge in [0.2, 0.25) is 6.79 Å². The van der Waals surface area contributed by atoms with Crippen molar-refractivity contribution in [2.75, 3.05) is 19.9 Å². The van der Waals surface area contributed by atoms with Crippen molar-refractivity contribution in [3.63, 3.8) is 0 Å². The van der Waals surface area contributed by atoms with Gasteiger partial charge in [-0.15, -0.1) is 0 Å². The predicted molar refractivity (Wildman–Crippen MR) is 70.8 cm³/mol. The first kappa shape index (κ1) is 12.3. The highest BCUT2D eigenvalue weighted by molar-refractivity contribution is 5.44. The summed E-state index contributed by atoms with van der Waals surface area (Å²) in [6.07, 6.45) is 2.98. The highest BCUT2D eigenvalue weighted by Gasteiger charge is 2.20. The Hall–Kier alpha value is -1.73. The lowest BCUT2D eigenvalue weighted by Gasteiger charge is -2.30. The Morgan fingerprint density at radius 1 is 1.21 bits per heavy atom. The summed E-state index contributed by atoms with van der Waals surface area (Å²) in [5, 5.41) is 8.72. The van der Waals surface area contributed by atoms with E-state index in [1.54, 1.807) is 0 Å². The molecule has 19 heavy (non-hydrogen) atoms. The van der Waals surface area contributed by atoms with E-state index in [-0.39, 0.29) is 0 Å². The monoisotopic (exact) mass is 258 g/mol. The van der Waals surface area contributed by atoms with Gasteiger partial charge in [0.1, 0.15) is 0 Å². The molecule has 2 aliphatic rings. The average molecular weight is 258 g/mol. The Kier molecular flexibility index (Phi) is 3.56. The number of likely N-dealkylation sites (tertiary alicyclic amines) is 1. The van der Waals surface area contributed by atoms with E-state index in [1.807, 2.05) is 6.07 Å². The van der Waals surface area contributed by atoms with E-state index in [4.69, 9.17) is 14.7 Å². The highest BCUT2D eigenvalue weighted by Crippen LogP contribution is 2.33. The number of piperidine rings is 1. The van der Waals surface area contributed by atoms with Crippen molar-refractivity contribution in [2.45, 2.75) is 25.8 Å². The molecule has 0 N–H and O–H groups in total. The zero-order chi connectivity index (χ0) is 13.1. The molecule has 0 saturated carbocycles. The maximum Gasteiger partial charge on any atom is 0.231 e. The van der Waals surface area contributed by atoms with Gasteiger partial charge < -0.3 is 9.47 Å². The molecule has 100 valence electrons. The number of ether oxygens (including phenoxy) is 2. The van der Waals surface area contributed by atoms with E-state index >= 15 is 0 Å². The molecule has 4 nitrogen and oxygen atoms in total. The van der Waals surface area contributed by atoms with E-state index in [0.29, 0.717) is 19.1 Å². The van der Waals surface area contributed by atoms with Gasteiger partial charge in [-0.3, -0.25) is 4.90 Å². The van der Waals surface area contributed by atoms with Crippen LogP contribution < -0.4 is 9.47 Å². The van der Waals surface area contributed by atoms with Crippen LogP contribution in [0.15, 0.2) is 18.2 Å². The molecule has 0 spiro atoms. The van der Waals surface area contributed by atoms with Gasteiger partial charge in [0.05, 0.1) is 6.07 Å². The number of hydrogen-bond donors (Lipinski definition) is 0. The molecule has 1 fully saturated rings. The summed E-state index contributed by atoms with van der Waals surface area (Å²) < 4.78 is 10.7. The summed E-state index contributed by atoms with van der Waals surface area (Å²) >= 11 is 0. The summed E-state index contributed by atoms with van der Waals surface area (Å²) in [7, 11) is 0. The van der Waals surface area contributed by atoms with E-state index < -0.39 is 0 Å². The fourth-order valence-corrected chi connectivity index (χ4v) is 2.78. The number of benzene rings is 1. The van der Waals surface area contributed by atoms with E-state index in [1.165, 1.54) is 5.56 Å². The summed E-state index contributed by atoms with van der Waals surface area (Å²) in [4.78, 5) is 2.45. The van der Waals surface area contributed by atoms with E-state index in [2.05, 4.69) is 23.1 Å². The van der Waals surface area contributed by atoms with Crippen molar-refractivity contribution in [2.24, 2.45) is 5.92 Å². The molecule has 0 aromatic heterocycles. The number of nitrogens with zero attached hydrogens (tertiary/aromatic N) is 2. The Morgan fingerprint density at radius 2 is 2.00 bits per heavy atom. The molecule has 0 bridgehead atoms. The number of hydrogen-bond acceptors (Lipinski definition) is 4. The highest BCUT2D eigenvalue weighted by atomic mass is 16.7. The molecule has 4 heteroatoms. The zero-order valence-electron chi connectivity index (χ0n) is 11.0. The fourth-order valence-electron chi connectivity index (χ4n) is 2.78. The fraction of sp³-hybridized carbons (Fsp3) is 0.533. The lowest BCUT2D eigenvalue weighted by atomic mass is 9.94. The SMILES string of the molecule is N#CCC1CCN(Cc2ccc3c(c2)OCO3)CC1. The first-order valence-corrected chi connectivity index (χ1v) is 6.83. The molecule has 0 aliphatic carbocycles. The lowest BCUT2D eigenvalue weighted by molar-refractivity contribution is 0.173. The summed E-state index contributed by atoms with van der Waals surface area (Å²) in [5.74, 6) is 2.30. The number of nitriles is 1. The van der Waals surface area contributed by atoms with Gasteiger partial charge in [0.15, 0.2) is 11.5 Å². The largest absolute Gasteiger partial charge is 0.454 e. The van der Waals surface area contributed by atoms with Crippen LogP contribution in [0.2, 0.25) is 0 Å². The maximum atomic E-state index is 8.72. The quantitative estimate of drug-likeness (QED) is 0.835. The van der Waals surface area contributed by atoms with Crippen LogP contribution in [0, 0.1) is 17.2 Å². The third-order valence-corrected chi connectivity index (χ3v) is 3.93. The summed E-state index contributed by atoms with van der Waals surface area (Å²) in [6, 6.07) is 8.45. The van der Waals surface area contributed by atoms with Crippen LogP contribution in [0.3, 0.4) is 0 Å². The minimum atomic E-state index is 0.332. The van der Waals surface area contributed by atoms with Crippen LogP contribution in [0.4, 0.5) is 0 Å². The smallest absolute Gasteiger partial charge is 0.231 e. The van der Waals surface area contributed by atoms with Gasteiger partial charge in [0, 0.05) is 13.0 Å². The second-order valence-corrected chi connectivity index (χ2v) is 5.27. The summed E-state index contributed by atoms with van der Waals surface area (Å²) in [6.45, 7) is 3.45. The van der Waals surface area contributed by atoms with Gasteiger partial charge in [-0.25, -0.2) is 0 Å². The third-order valence-electron chi connectivity index (χ3n) is 3.93. The van der Waals surface area contributed by atoms with Crippen LogP contribution >= 0.6 is 0 Å². The van der Waals surface area contributed by atoms with Crippen molar-refractivity contribution in [3.05, 3.63) is 23.8 Å². The average Bonchev–Trinajstić information content (AvgIpc) is 2.89. The minimum Gasteiger partial charge on any atom is -0.454 e. The molecule has 1 aromatic carbocycles. The normalized spacial score (nSPS) is 19.3. The molecular weight excluding hydrogens is 240 g/mol. The van der Waals surface area contributed by atoms with Crippen LogP contribution in [-0.4, -0.2) is 24.8 Å². The van der Waals surface area contributed by atoms with E-state index in [0.717, 1.165) is 44.0 Å². The molecule has 0 unspecified atom stereocenters. The third kappa shape index (κ3) is 2.82. The lowest BCUT2D eigenvalue weighted by Crippen LogP contribution is -2.33. The Labute approximate surface area is 113 Å². The van der Waals surface area contributed by atoms with Gasteiger partial charge >= 0.3 is 0 Å². The second kappa shape index (κ2) is 5.50. The van der Waals surface area contributed by atoms with Gasteiger partial charge in [-0.2, -0.15) is 5.26 Å². The maximum absolute atomic E-state index is 8.72. The van der Waals surface area contributed by atoms with Crippen molar-refractivity contribution in [1.29, 1.82) is 5.26 Å². The van der Waals surface area contributed by atoms with Crippen molar-refractivity contribution in [1.82, 2.24) is 4.90 Å². The standard InChI is InChI=1S/C15H18N2O2/c16-6-3-12-4-7-17(8-5-12)10-13-1-2-14-15(9-13)19-11-18-14/h1-2,9,12H,3-5,7-8,10-11H2. The van der Waals surface area contributed by atoms with Crippen molar-refractivity contribution >= 4 is 0 Å². The first-order valence-electron chi connectivity index (χ1n) is 6.83. The van der Waals surface area contributed by atoms with Gasteiger partial charge in [-0.1, -0.05) is 6.07 Å². The molecule has 3 rings (SSSR count). The van der Waals surface area contributed by atoms with Crippen LogP contribution in [0.5, 0.6) is 11.5 Å². The minimum absolute atomic E-state index is 0.332. The molecule has 1 aromatic rings. The Morgan fingerprint density at radius 3 is 2.79 bits per heavy atom. The molecule has 1 saturated heterocycles. The first-order chi connectivity index (χ1) is 9.35. The van der Waals surface area contributed by atoms with Gasteiger partial charge in [0.25, 0.3) is 0 Å². The van der Waals surface area contributed by atoms with E-state index in [9.17, 15) is 0 Å². The molecule has 0 atom stereocenters. The zero-order valence-corrected chi connectivity index (χ0v) is 11.0. The van der Waals surface area contributed by atoms with Crippen molar-refractivity contribution in [3.8, 4) is 17.6 Å². The molecule has 2 heterocycles. The number of rotatable bonds is 3. The molecule has 0 amide bonds. The predicted octanol–water partition coefficient (Wildman–Crippen LogP) is 2.54. The Bertz CT molecular complexity index is 487. The molecular formula is C15H18N2O2. The summed E-state index contributed by atoms with van der Waals surface area (Å²) in [5.41, 5.74) is 1.27. The Balaban J connectivity index is 1.56. The van der Waals surface area contributed by atoms with Crippen LogP contribution in [0.1, 0.15) is 24.8 Å². The topological polar surface area (TPSA) is 45.5 Å².